The predicted molar refractivity (Wildman–Crippen MR) is 154 cm³/mol. The Morgan fingerprint density at radius 3 is 2.46 bits per heavy atom. The molecule has 1 saturated heterocycles. The van der Waals surface area contributed by atoms with Crippen LogP contribution in [0.4, 0.5) is 5.82 Å². The number of ether oxygens (including phenoxy) is 1. The van der Waals surface area contributed by atoms with Crippen molar-refractivity contribution in [1.82, 2.24) is 20.6 Å². The Morgan fingerprint density at radius 2 is 1.79 bits per heavy atom. The van der Waals surface area contributed by atoms with Crippen LogP contribution in [0.25, 0.3) is 11.3 Å². The van der Waals surface area contributed by atoms with Crippen LogP contribution in [0.5, 0.6) is 0 Å². The zero-order valence-electron chi connectivity index (χ0n) is 22.3. The van der Waals surface area contributed by atoms with Gasteiger partial charge in [0.1, 0.15) is 17.5 Å². The fraction of sp³-hybridized carbons (Fsp3) is 0.379. The summed E-state index contributed by atoms with van der Waals surface area (Å²) in [6.45, 7) is 6.13. The molecule has 206 valence electrons. The number of benzene rings is 2. The predicted octanol–water partition coefficient (Wildman–Crippen LogP) is 5.01. The van der Waals surface area contributed by atoms with Crippen LogP contribution in [0.3, 0.4) is 0 Å². The van der Waals surface area contributed by atoms with E-state index in [1.165, 1.54) is 0 Å². The zero-order valence-corrected chi connectivity index (χ0v) is 23.8. The molecule has 4 N–H and O–H groups in total. The highest BCUT2D eigenvalue weighted by Crippen LogP contribution is 2.27. The lowest BCUT2D eigenvalue weighted by Gasteiger charge is -2.31. The van der Waals surface area contributed by atoms with E-state index in [0.29, 0.717) is 58.6 Å². The van der Waals surface area contributed by atoms with E-state index >= 15 is 0 Å². The summed E-state index contributed by atoms with van der Waals surface area (Å²) in [6.07, 6.45) is 3.92. The number of piperidine rings is 1. The van der Waals surface area contributed by atoms with Gasteiger partial charge in [0, 0.05) is 27.2 Å². The number of carbonyl (C=O) groups excluding carboxylic acids is 2. The van der Waals surface area contributed by atoms with Gasteiger partial charge in [-0.15, -0.1) is 0 Å². The first-order valence-electron chi connectivity index (χ1n) is 12.9. The molecule has 1 aliphatic rings. The highest BCUT2D eigenvalue weighted by Gasteiger charge is 2.31. The molecular weight excluding hydrogens is 537 g/mol. The van der Waals surface area contributed by atoms with Crippen LogP contribution in [-0.2, 0) is 22.4 Å². The van der Waals surface area contributed by atoms with E-state index in [4.69, 9.17) is 38.7 Å². The van der Waals surface area contributed by atoms with Gasteiger partial charge in [-0.1, -0.05) is 41.4 Å². The van der Waals surface area contributed by atoms with E-state index in [0.717, 1.165) is 17.5 Å². The van der Waals surface area contributed by atoms with Crippen LogP contribution >= 0.6 is 23.2 Å². The van der Waals surface area contributed by atoms with Crippen molar-refractivity contribution in [3.05, 3.63) is 75.5 Å². The fourth-order valence-corrected chi connectivity index (χ4v) is 5.02. The molecule has 2 aromatic carbocycles. The number of amides is 1. The normalized spacial score (nSPS) is 17.5. The van der Waals surface area contributed by atoms with Crippen LogP contribution in [0, 0.1) is 0 Å². The van der Waals surface area contributed by atoms with Gasteiger partial charge in [-0.05, 0) is 82.8 Å². The number of nitrogen functional groups attached to an aromatic ring is 1. The van der Waals surface area contributed by atoms with Crippen LogP contribution in [0.2, 0.25) is 10.0 Å². The number of aromatic nitrogens is 2. The maximum absolute atomic E-state index is 12.9. The van der Waals surface area contributed by atoms with Crippen LogP contribution < -0.4 is 16.4 Å². The Bertz CT molecular complexity index is 1320. The molecule has 1 fully saturated rings. The summed E-state index contributed by atoms with van der Waals surface area (Å²) < 4.78 is 5.49. The zero-order chi connectivity index (χ0) is 28.2. The third-order valence-electron chi connectivity index (χ3n) is 6.42. The van der Waals surface area contributed by atoms with Gasteiger partial charge >= 0.3 is 5.97 Å². The van der Waals surface area contributed by atoms with Crippen molar-refractivity contribution in [3.63, 3.8) is 0 Å². The van der Waals surface area contributed by atoms with Crippen molar-refractivity contribution in [1.29, 1.82) is 0 Å². The number of anilines is 1. The molecule has 39 heavy (non-hydrogen) atoms. The van der Waals surface area contributed by atoms with Crippen LogP contribution in [-0.4, -0.2) is 46.1 Å². The standard InChI is InChI=1S/C29H33Cl2N5O3/c1-29(2,3)39-28(38)24-15-19(13-14-33-24)35-27(37)18-9-7-17(8-10-18)25-16-34-26(32)23(36-25)12-11-20-21(30)5-4-6-22(20)31/h4-10,16,19,24,33H,11-15H2,1-3H3,(H2,32,34)(H,35,37)/t19?,24-/m1/s1. The second-order valence-corrected chi connectivity index (χ2v) is 11.4. The Morgan fingerprint density at radius 1 is 1.10 bits per heavy atom. The molecule has 10 heteroatoms. The molecule has 8 nitrogen and oxygen atoms in total. The summed E-state index contributed by atoms with van der Waals surface area (Å²) in [5, 5.41) is 7.43. The minimum absolute atomic E-state index is 0.131. The van der Waals surface area contributed by atoms with Crippen molar-refractivity contribution in [3.8, 4) is 11.3 Å². The van der Waals surface area contributed by atoms with Crippen LogP contribution in [0.15, 0.2) is 48.7 Å². The second-order valence-electron chi connectivity index (χ2n) is 10.6. The van der Waals surface area contributed by atoms with Crippen molar-refractivity contribution >= 4 is 40.9 Å². The van der Waals surface area contributed by atoms with Gasteiger partial charge < -0.3 is 21.1 Å². The Labute approximate surface area is 238 Å². The van der Waals surface area contributed by atoms with E-state index in [-0.39, 0.29) is 17.9 Å². The number of hydrogen-bond donors (Lipinski definition) is 3. The van der Waals surface area contributed by atoms with E-state index in [9.17, 15) is 9.59 Å². The molecule has 0 radical (unpaired) electrons. The topological polar surface area (TPSA) is 119 Å². The first-order valence-corrected chi connectivity index (χ1v) is 13.7. The summed E-state index contributed by atoms with van der Waals surface area (Å²) in [5.74, 6) is -0.147. The molecule has 2 atom stereocenters. The van der Waals surface area contributed by atoms with Gasteiger partial charge in [0.2, 0.25) is 0 Å². The largest absolute Gasteiger partial charge is 0.459 e. The minimum atomic E-state index is -0.560. The first kappa shape index (κ1) is 28.8. The van der Waals surface area contributed by atoms with Gasteiger partial charge in [-0.2, -0.15) is 0 Å². The fourth-order valence-electron chi connectivity index (χ4n) is 4.44. The van der Waals surface area contributed by atoms with Gasteiger partial charge in [0.25, 0.3) is 5.91 Å². The number of carbonyl (C=O) groups is 2. The van der Waals surface area contributed by atoms with Crippen molar-refractivity contribution < 1.29 is 14.3 Å². The van der Waals surface area contributed by atoms with Crippen molar-refractivity contribution in [2.45, 2.75) is 64.1 Å². The van der Waals surface area contributed by atoms with E-state index in [1.54, 1.807) is 36.5 Å². The maximum atomic E-state index is 12.9. The van der Waals surface area contributed by atoms with Gasteiger partial charge in [0.05, 0.1) is 17.6 Å². The Balaban J connectivity index is 1.39. The molecule has 1 unspecified atom stereocenters. The molecule has 1 amide bonds. The number of nitrogens with zero attached hydrogens (tertiary/aromatic N) is 2. The molecule has 0 saturated carbocycles. The average molecular weight is 571 g/mol. The molecule has 1 aromatic heterocycles. The lowest BCUT2D eigenvalue weighted by atomic mass is 9.98. The molecule has 4 rings (SSSR count). The number of aryl methyl sites for hydroxylation is 1. The lowest BCUT2D eigenvalue weighted by molar-refractivity contribution is -0.158. The summed E-state index contributed by atoms with van der Waals surface area (Å²) >= 11 is 12.6. The third-order valence-corrected chi connectivity index (χ3v) is 7.13. The molecule has 1 aliphatic heterocycles. The molecular formula is C29H33Cl2N5O3. The number of nitrogens with one attached hydrogen (secondary N) is 2. The van der Waals surface area contributed by atoms with Gasteiger partial charge in [-0.25, -0.2) is 9.97 Å². The van der Waals surface area contributed by atoms with E-state index < -0.39 is 11.6 Å². The molecule has 2 heterocycles. The summed E-state index contributed by atoms with van der Waals surface area (Å²) in [7, 11) is 0. The van der Waals surface area contributed by atoms with Crippen LogP contribution in [0.1, 0.15) is 55.2 Å². The molecule has 0 aliphatic carbocycles. The third kappa shape index (κ3) is 7.68. The van der Waals surface area contributed by atoms with E-state index in [1.807, 2.05) is 32.9 Å². The number of hydrogen-bond acceptors (Lipinski definition) is 7. The maximum Gasteiger partial charge on any atom is 0.323 e. The lowest BCUT2D eigenvalue weighted by Crippen LogP contribution is -2.52. The number of nitrogens with two attached hydrogens (primary N) is 1. The highest BCUT2D eigenvalue weighted by atomic mass is 35.5. The smallest absolute Gasteiger partial charge is 0.323 e. The minimum Gasteiger partial charge on any atom is -0.459 e. The average Bonchev–Trinajstić information content (AvgIpc) is 2.88. The van der Waals surface area contributed by atoms with Gasteiger partial charge in [0.15, 0.2) is 0 Å². The SMILES string of the molecule is CC(C)(C)OC(=O)[C@H]1CC(NC(=O)c2ccc(-c3cnc(N)c(CCc4c(Cl)cccc4Cl)n3)cc2)CCN1. The molecule has 3 aromatic rings. The highest BCUT2D eigenvalue weighted by molar-refractivity contribution is 6.36. The van der Waals surface area contributed by atoms with E-state index in [2.05, 4.69) is 15.6 Å². The summed E-state index contributed by atoms with van der Waals surface area (Å²) in [6, 6.07) is 12.0. The van der Waals surface area contributed by atoms with Crippen molar-refractivity contribution in [2.24, 2.45) is 0 Å². The molecule has 0 bridgehead atoms. The summed E-state index contributed by atoms with van der Waals surface area (Å²) in [5.41, 5.74) is 9.00. The number of halogens is 2. The molecule has 0 spiro atoms. The monoisotopic (exact) mass is 569 g/mol. The quantitative estimate of drug-likeness (QED) is 0.342. The van der Waals surface area contributed by atoms with Crippen molar-refractivity contribution in [2.75, 3.05) is 12.3 Å². The Kier molecular flexibility index (Phi) is 9.10. The summed E-state index contributed by atoms with van der Waals surface area (Å²) in [4.78, 5) is 34.4. The number of esters is 1. The first-order chi connectivity index (χ1) is 18.5. The Hall–Kier alpha value is -3.20. The second kappa shape index (κ2) is 12.3. The number of rotatable bonds is 7. The van der Waals surface area contributed by atoms with Gasteiger partial charge in [-0.3, -0.25) is 9.59 Å².